The number of hydrogen-bond acceptors (Lipinski definition) is 5. The molecule has 0 fully saturated rings. The maximum absolute atomic E-state index is 12.8. The standard InChI is InChI=1S/C19H25N5O2/c1-12(2)11-24-17(20)15(19(25)21-9-6-10-26-3)16-18(24)23-14-8-5-4-7-13(14)22-16/h4-5,7-8,12H,6,9-11,20H2,1-3H3,(H,21,25). The summed E-state index contributed by atoms with van der Waals surface area (Å²) in [5, 5.41) is 2.90. The van der Waals surface area contributed by atoms with Crippen LogP contribution in [0, 0.1) is 5.92 Å². The van der Waals surface area contributed by atoms with Crippen molar-refractivity contribution in [3.63, 3.8) is 0 Å². The molecule has 7 heteroatoms. The van der Waals surface area contributed by atoms with E-state index in [-0.39, 0.29) is 5.91 Å². The zero-order chi connectivity index (χ0) is 18.7. The summed E-state index contributed by atoms with van der Waals surface area (Å²) in [4.78, 5) is 22.2. The van der Waals surface area contributed by atoms with Crippen LogP contribution in [0.25, 0.3) is 22.2 Å². The van der Waals surface area contributed by atoms with Crippen molar-refractivity contribution >= 4 is 33.9 Å². The van der Waals surface area contributed by atoms with E-state index in [2.05, 4.69) is 24.1 Å². The SMILES string of the molecule is COCCCNC(=O)c1c(N)n(CC(C)C)c2nc3ccccc3nc12. The van der Waals surface area contributed by atoms with Crippen LogP contribution in [-0.2, 0) is 11.3 Å². The highest BCUT2D eigenvalue weighted by Crippen LogP contribution is 2.28. The molecule has 0 unspecified atom stereocenters. The lowest BCUT2D eigenvalue weighted by Crippen LogP contribution is -2.26. The molecule has 0 bridgehead atoms. The van der Waals surface area contributed by atoms with Gasteiger partial charge >= 0.3 is 0 Å². The molecule has 0 aliphatic rings. The number of rotatable bonds is 7. The van der Waals surface area contributed by atoms with Gasteiger partial charge in [0.2, 0.25) is 0 Å². The van der Waals surface area contributed by atoms with Crippen molar-refractivity contribution < 1.29 is 9.53 Å². The Labute approximate surface area is 152 Å². The number of benzene rings is 1. The highest BCUT2D eigenvalue weighted by Gasteiger charge is 2.24. The molecule has 0 radical (unpaired) electrons. The number of nitrogens with two attached hydrogens (primary N) is 1. The number of ether oxygens (including phenoxy) is 1. The molecule has 0 spiro atoms. The first-order valence-corrected chi connectivity index (χ1v) is 8.84. The fraction of sp³-hybridized carbons (Fsp3) is 0.421. The van der Waals surface area contributed by atoms with Crippen LogP contribution in [0.3, 0.4) is 0 Å². The Kier molecular flexibility index (Phi) is 5.37. The molecule has 26 heavy (non-hydrogen) atoms. The number of nitrogen functional groups attached to an aromatic ring is 1. The van der Waals surface area contributed by atoms with Gasteiger partial charge in [-0.25, -0.2) is 9.97 Å². The van der Waals surface area contributed by atoms with E-state index in [0.717, 1.165) is 17.5 Å². The Balaban J connectivity index is 2.09. The average molecular weight is 355 g/mol. The van der Waals surface area contributed by atoms with Crippen LogP contribution in [-0.4, -0.2) is 40.7 Å². The second kappa shape index (κ2) is 7.70. The van der Waals surface area contributed by atoms with E-state index in [4.69, 9.17) is 15.5 Å². The van der Waals surface area contributed by atoms with Gasteiger partial charge in [0.25, 0.3) is 5.91 Å². The summed E-state index contributed by atoms with van der Waals surface area (Å²) in [6.45, 7) is 5.99. The minimum absolute atomic E-state index is 0.226. The minimum Gasteiger partial charge on any atom is -0.385 e. The summed E-state index contributed by atoms with van der Waals surface area (Å²) < 4.78 is 6.91. The van der Waals surface area contributed by atoms with E-state index >= 15 is 0 Å². The largest absolute Gasteiger partial charge is 0.385 e. The first-order chi connectivity index (χ1) is 12.5. The number of para-hydroxylation sites is 2. The smallest absolute Gasteiger partial charge is 0.257 e. The average Bonchev–Trinajstić information content (AvgIpc) is 2.87. The van der Waals surface area contributed by atoms with Crippen LogP contribution in [0.5, 0.6) is 0 Å². The van der Waals surface area contributed by atoms with Gasteiger partial charge in [-0.2, -0.15) is 0 Å². The summed E-state index contributed by atoms with van der Waals surface area (Å²) in [6, 6.07) is 7.63. The summed E-state index contributed by atoms with van der Waals surface area (Å²) in [5.41, 5.74) is 9.48. The van der Waals surface area contributed by atoms with Crippen LogP contribution in [0.2, 0.25) is 0 Å². The molecule has 1 aromatic carbocycles. The highest BCUT2D eigenvalue weighted by molar-refractivity contribution is 6.10. The maximum atomic E-state index is 12.8. The predicted molar refractivity (Wildman–Crippen MR) is 103 cm³/mol. The third kappa shape index (κ3) is 3.48. The van der Waals surface area contributed by atoms with Crippen LogP contribution in [0.15, 0.2) is 24.3 Å². The number of nitrogens with zero attached hydrogens (tertiary/aromatic N) is 3. The van der Waals surface area contributed by atoms with Crippen LogP contribution < -0.4 is 11.1 Å². The summed E-state index contributed by atoms with van der Waals surface area (Å²) in [6.07, 6.45) is 0.737. The number of fused-ring (bicyclic) bond motifs is 2. The van der Waals surface area contributed by atoms with Crippen molar-refractivity contribution in [2.75, 3.05) is 26.0 Å². The van der Waals surface area contributed by atoms with Crippen molar-refractivity contribution in [2.24, 2.45) is 5.92 Å². The van der Waals surface area contributed by atoms with Gasteiger partial charge in [-0.05, 0) is 24.5 Å². The monoisotopic (exact) mass is 355 g/mol. The maximum Gasteiger partial charge on any atom is 0.257 e. The topological polar surface area (TPSA) is 95.1 Å². The van der Waals surface area contributed by atoms with Gasteiger partial charge in [0, 0.05) is 26.8 Å². The van der Waals surface area contributed by atoms with Gasteiger partial charge < -0.3 is 20.4 Å². The molecule has 1 amide bonds. The van der Waals surface area contributed by atoms with Crippen molar-refractivity contribution in [3.05, 3.63) is 29.8 Å². The number of methoxy groups -OCH3 is 1. The van der Waals surface area contributed by atoms with Crippen molar-refractivity contribution in [1.29, 1.82) is 0 Å². The second-order valence-electron chi connectivity index (χ2n) is 6.75. The lowest BCUT2D eigenvalue weighted by Gasteiger charge is -2.10. The minimum atomic E-state index is -0.226. The van der Waals surface area contributed by atoms with Gasteiger partial charge in [-0.1, -0.05) is 26.0 Å². The van der Waals surface area contributed by atoms with Crippen molar-refractivity contribution in [1.82, 2.24) is 19.9 Å². The Bertz CT molecular complexity index is 932. The molecule has 3 aromatic rings. The number of anilines is 1. The number of carbonyl (C=O) groups is 1. The van der Waals surface area contributed by atoms with Gasteiger partial charge in [0.15, 0.2) is 5.65 Å². The van der Waals surface area contributed by atoms with Crippen LogP contribution in [0.1, 0.15) is 30.6 Å². The zero-order valence-electron chi connectivity index (χ0n) is 15.5. The molecule has 0 aliphatic heterocycles. The number of carbonyl (C=O) groups excluding carboxylic acids is 1. The molecular formula is C19H25N5O2. The van der Waals surface area contributed by atoms with Crippen molar-refractivity contribution in [2.45, 2.75) is 26.8 Å². The summed E-state index contributed by atoms with van der Waals surface area (Å²) >= 11 is 0. The highest BCUT2D eigenvalue weighted by atomic mass is 16.5. The van der Waals surface area contributed by atoms with E-state index in [1.54, 1.807) is 7.11 Å². The van der Waals surface area contributed by atoms with Gasteiger partial charge in [0.05, 0.1) is 11.0 Å². The summed E-state index contributed by atoms with van der Waals surface area (Å²) in [7, 11) is 1.64. The van der Waals surface area contributed by atoms with E-state index in [1.165, 1.54) is 0 Å². The van der Waals surface area contributed by atoms with Crippen molar-refractivity contribution in [3.8, 4) is 0 Å². The molecule has 0 aliphatic carbocycles. The van der Waals surface area contributed by atoms with E-state index in [0.29, 0.717) is 48.2 Å². The Morgan fingerprint density at radius 3 is 2.62 bits per heavy atom. The van der Waals surface area contributed by atoms with E-state index in [9.17, 15) is 4.79 Å². The Morgan fingerprint density at radius 2 is 1.96 bits per heavy atom. The van der Waals surface area contributed by atoms with Crippen LogP contribution >= 0.6 is 0 Å². The number of amides is 1. The normalized spacial score (nSPS) is 11.5. The molecule has 0 saturated heterocycles. The fourth-order valence-electron chi connectivity index (χ4n) is 3.00. The molecular weight excluding hydrogens is 330 g/mol. The first kappa shape index (κ1) is 18.1. The Hall–Kier alpha value is -2.67. The second-order valence-corrected chi connectivity index (χ2v) is 6.75. The summed E-state index contributed by atoms with van der Waals surface area (Å²) in [5.74, 6) is 0.544. The van der Waals surface area contributed by atoms with E-state index < -0.39 is 0 Å². The molecule has 0 saturated carbocycles. The van der Waals surface area contributed by atoms with Crippen LogP contribution in [0.4, 0.5) is 5.82 Å². The third-order valence-electron chi connectivity index (χ3n) is 4.18. The number of hydrogen-bond donors (Lipinski definition) is 2. The van der Waals surface area contributed by atoms with Gasteiger partial charge in [-0.15, -0.1) is 0 Å². The van der Waals surface area contributed by atoms with E-state index in [1.807, 2.05) is 28.8 Å². The number of nitrogens with one attached hydrogen (secondary N) is 1. The Morgan fingerprint density at radius 1 is 1.27 bits per heavy atom. The lowest BCUT2D eigenvalue weighted by atomic mass is 10.2. The molecule has 2 heterocycles. The molecule has 138 valence electrons. The molecule has 3 rings (SSSR count). The first-order valence-electron chi connectivity index (χ1n) is 8.84. The van der Waals surface area contributed by atoms with Gasteiger partial charge in [-0.3, -0.25) is 4.79 Å². The molecule has 7 nitrogen and oxygen atoms in total. The molecule has 0 atom stereocenters. The predicted octanol–water partition coefficient (Wildman–Crippen LogP) is 2.59. The van der Waals surface area contributed by atoms with Gasteiger partial charge in [0.1, 0.15) is 16.9 Å². The zero-order valence-corrected chi connectivity index (χ0v) is 15.5. The fourth-order valence-corrected chi connectivity index (χ4v) is 3.00. The number of aromatic nitrogens is 3. The molecule has 2 aromatic heterocycles. The molecule has 3 N–H and O–H groups in total. The quantitative estimate of drug-likeness (QED) is 0.635. The third-order valence-corrected chi connectivity index (χ3v) is 4.18. The lowest BCUT2D eigenvalue weighted by molar-refractivity contribution is 0.0951.